The van der Waals surface area contributed by atoms with Crippen LogP contribution in [0.3, 0.4) is 0 Å². The van der Waals surface area contributed by atoms with Gasteiger partial charge in [0.15, 0.2) is 11.5 Å². The van der Waals surface area contributed by atoms with Crippen LogP contribution in [0.15, 0.2) is 53.5 Å². The first-order chi connectivity index (χ1) is 16.5. The Balaban J connectivity index is 1.52. The number of anilines is 1. The van der Waals surface area contributed by atoms with Crippen LogP contribution in [0.25, 0.3) is 11.2 Å². The number of piperidine rings is 1. The van der Waals surface area contributed by atoms with E-state index in [9.17, 15) is 9.59 Å². The Bertz CT molecular complexity index is 1160. The van der Waals surface area contributed by atoms with Crippen molar-refractivity contribution in [1.82, 2.24) is 19.9 Å². The molecule has 0 unspecified atom stereocenters. The number of amides is 1. The van der Waals surface area contributed by atoms with E-state index in [1.54, 1.807) is 10.8 Å². The largest absolute Gasteiger partial charge is 0.379 e. The summed E-state index contributed by atoms with van der Waals surface area (Å²) < 4.78 is 7.22. The van der Waals surface area contributed by atoms with Gasteiger partial charge in [-0.2, -0.15) is 0 Å². The molecule has 180 valence electrons. The van der Waals surface area contributed by atoms with Gasteiger partial charge >= 0.3 is 0 Å². The molecule has 1 saturated heterocycles. The van der Waals surface area contributed by atoms with Crippen molar-refractivity contribution in [2.75, 3.05) is 31.1 Å². The summed E-state index contributed by atoms with van der Waals surface area (Å²) in [6, 6.07) is 13.6. The van der Waals surface area contributed by atoms with Gasteiger partial charge in [0.25, 0.3) is 5.56 Å². The molecule has 1 fully saturated rings. The third kappa shape index (κ3) is 5.80. The molecule has 3 heterocycles. The highest BCUT2D eigenvalue weighted by Crippen LogP contribution is 2.22. The summed E-state index contributed by atoms with van der Waals surface area (Å²) in [7, 11) is 0. The van der Waals surface area contributed by atoms with E-state index in [-0.39, 0.29) is 23.5 Å². The van der Waals surface area contributed by atoms with Crippen molar-refractivity contribution < 1.29 is 9.53 Å². The Kier molecular flexibility index (Phi) is 7.90. The number of hydrogen-bond donors (Lipinski definition) is 1. The molecule has 0 saturated carbocycles. The average molecular weight is 464 g/mol. The molecular formula is C26H33N5O3. The first-order valence-corrected chi connectivity index (χ1v) is 12.1. The Hall–Kier alpha value is -3.26. The van der Waals surface area contributed by atoms with Gasteiger partial charge in [0.1, 0.15) is 5.52 Å². The van der Waals surface area contributed by atoms with E-state index in [0.717, 1.165) is 24.8 Å². The number of rotatable bonds is 9. The van der Waals surface area contributed by atoms with Gasteiger partial charge in [-0.15, -0.1) is 0 Å². The zero-order chi connectivity index (χ0) is 23.9. The number of nitrogens with zero attached hydrogens (tertiary/aromatic N) is 4. The van der Waals surface area contributed by atoms with Crippen LogP contribution in [0.1, 0.15) is 38.7 Å². The monoisotopic (exact) mass is 463 g/mol. The summed E-state index contributed by atoms with van der Waals surface area (Å²) in [5.74, 6) is 0.244. The summed E-state index contributed by atoms with van der Waals surface area (Å²) in [6.07, 6.45) is 4.29. The Morgan fingerprint density at radius 3 is 2.82 bits per heavy atom. The van der Waals surface area contributed by atoms with Crippen molar-refractivity contribution in [1.29, 1.82) is 0 Å². The average Bonchev–Trinajstić information content (AvgIpc) is 2.86. The third-order valence-electron chi connectivity index (χ3n) is 6.03. The molecule has 8 nitrogen and oxygen atoms in total. The van der Waals surface area contributed by atoms with Crippen LogP contribution in [0.2, 0.25) is 0 Å². The van der Waals surface area contributed by atoms with Gasteiger partial charge in [-0.25, -0.2) is 9.97 Å². The van der Waals surface area contributed by atoms with Crippen molar-refractivity contribution in [3.05, 3.63) is 64.6 Å². The van der Waals surface area contributed by atoms with Crippen LogP contribution >= 0.6 is 0 Å². The first kappa shape index (κ1) is 23.9. The van der Waals surface area contributed by atoms with Gasteiger partial charge < -0.3 is 15.0 Å². The molecule has 1 aromatic carbocycles. The highest BCUT2D eigenvalue weighted by molar-refractivity contribution is 5.79. The predicted octanol–water partition coefficient (Wildman–Crippen LogP) is 2.99. The lowest BCUT2D eigenvalue weighted by atomic mass is 9.97. The van der Waals surface area contributed by atoms with Crippen molar-refractivity contribution in [2.24, 2.45) is 5.92 Å². The standard InChI is InChI=1S/C26H33N5O3/c1-19(2)34-16-8-14-28-25(32)21-11-7-15-30(18-21)24-26(33)31(17-20-9-4-3-5-10-20)23-22(29-24)12-6-13-27-23/h3-6,9-10,12-13,19,21H,7-8,11,14-18H2,1-2H3,(H,28,32)/t21-/m1/s1. The fourth-order valence-corrected chi connectivity index (χ4v) is 4.31. The summed E-state index contributed by atoms with van der Waals surface area (Å²) in [5, 5.41) is 3.03. The minimum Gasteiger partial charge on any atom is -0.379 e. The lowest BCUT2D eigenvalue weighted by Crippen LogP contribution is -2.46. The van der Waals surface area contributed by atoms with Gasteiger partial charge in [-0.05, 0) is 50.8 Å². The van der Waals surface area contributed by atoms with Crippen molar-refractivity contribution >= 4 is 22.9 Å². The van der Waals surface area contributed by atoms with Crippen LogP contribution < -0.4 is 15.8 Å². The Morgan fingerprint density at radius 2 is 2.03 bits per heavy atom. The minimum absolute atomic E-state index is 0.0290. The van der Waals surface area contributed by atoms with E-state index in [0.29, 0.717) is 49.8 Å². The molecule has 1 atom stereocenters. The van der Waals surface area contributed by atoms with E-state index in [1.165, 1.54) is 0 Å². The van der Waals surface area contributed by atoms with Gasteiger partial charge in [0, 0.05) is 32.4 Å². The number of hydrogen-bond acceptors (Lipinski definition) is 6. The molecule has 1 amide bonds. The number of benzene rings is 1. The van der Waals surface area contributed by atoms with Crippen LogP contribution in [-0.2, 0) is 16.1 Å². The highest BCUT2D eigenvalue weighted by atomic mass is 16.5. The zero-order valence-corrected chi connectivity index (χ0v) is 19.9. The molecular weight excluding hydrogens is 430 g/mol. The topological polar surface area (TPSA) is 89.3 Å². The molecule has 1 N–H and O–H groups in total. The summed E-state index contributed by atoms with van der Waals surface area (Å²) in [6.45, 7) is 6.81. The molecule has 0 aliphatic carbocycles. The van der Waals surface area contributed by atoms with E-state index in [1.807, 2.05) is 61.2 Å². The second-order valence-electron chi connectivity index (χ2n) is 9.01. The molecule has 0 spiro atoms. The number of nitrogens with one attached hydrogen (secondary N) is 1. The fourth-order valence-electron chi connectivity index (χ4n) is 4.31. The maximum Gasteiger partial charge on any atom is 0.295 e. The third-order valence-corrected chi connectivity index (χ3v) is 6.03. The molecule has 0 radical (unpaired) electrons. The zero-order valence-electron chi connectivity index (χ0n) is 19.9. The molecule has 0 bridgehead atoms. The number of fused-ring (bicyclic) bond motifs is 1. The molecule has 1 aliphatic rings. The Labute approximate surface area is 200 Å². The fraction of sp³-hybridized carbons (Fsp3) is 0.462. The van der Waals surface area contributed by atoms with E-state index in [4.69, 9.17) is 4.74 Å². The normalized spacial score (nSPS) is 16.2. The smallest absolute Gasteiger partial charge is 0.295 e. The first-order valence-electron chi connectivity index (χ1n) is 12.1. The summed E-state index contributed by atoms with van der Waals surface area (Å²) in [4.78, 5) is 37.4. The van der Waals surface area contributed by atoms with Gasteiger partial charge in [-0.3, -0.25) is 14.2 Å². The SMILES string of the molecule is CC(C)OCCCNC(=O)[C@@H]1CCCN(c2nc3cccnc3n(Cc3ccccc3)c2=O)C1. The van der Waals surface area contributed by atoms with Crippen molar-refractivity contribution in [2.45, 2.75) is 45.8 Å². The molecule has 2 aromatic heterocycles. The molecule has 1 aliphatic heterocycles. The van der Waals surface area contributed by atoms with Crippen LogP contribution in [0.5, 0.6) is 0 Å². The van der Waals surface area contributed by atoms with Gasteiger partial charge in [-0.1, -0.05) is 30.3 Å². The number of carbonyl (C=O) groups is 1. The minimum atomic E-state index is -0.179. The van der Waals surface area contributed by atoms with E-state index < -0.39 is 0 Å². The van der Waals surface area contributed by atoms with Crippen LogP contribution in [0.4, 0.5) is 5.82 Å². The molecule has 4 rings (SSSR count). The van der Waals surface area contributed by atoms with Gasteiger partial charge in [0.05, 0.1) is 18.6 Å². The number of ether oxygens (including phenoxy) is 1. The van der Waals surface area contributed by atoms with Crippen LogP contribution in [0, 0.1) is 5.92 Å². The van der Waals surface area contributed by atoms with Crippen LogP contribution in [-0.4, -0.2) is 52.8 Å². The second kappa shape index (κ2) is 11.2. The quantitative estimate of drug-likeness (QED) is 0.491. The maximum absolute atomic E-state index is 13.6. The lowest BCUT2D eigenvalue weighted by molar-refractivity contribution is -0.125. The Morgan fingerprint density at radius 1 is 1.21 bits per heavy atom. The maximum atomic E-state index is 13.6. The van der Waals surface area contributed by atoms with E-state index >= 15 is 0 Å². The highest BCUT2D eigenvalue weighted by Gasteiger charge is 2.28. The van der Waals surface area contributed by atoms with Crippen molar-refractivity contribution in [3.63, 3.8) is 0 Å². The number of aromatic nitrogens is 3. The predicted molar refractivity (Wildman–Crippen MR) is 133 cm³/mol. The van der Waals surface area contributed by atoms with Crippen molar-refractivity contribution in [3.8, 4) is 0 Å². The molecule has 34 heavy (non-hydrogen) atoms. The summed E-state index contributed by atoms with van der Waals surface area (Å²) in [5.41, 5.74) is 2.08. The van der Waals surface area contributed by atoms with E-state index in [2.05, 4.69) is 15.3 Å². The molecule has 3 aromatic rings. The second-order valence-corrected chi connectivity index (χ2v) is 9.01. The van der Waals surface area contributed by atoms with Gasteiger partial charge in [0.2, 0.25) is 5.91 Å². The lowest BCUT2D eigenvalue weighted by Gasteiger charge is -2.32. The number of pyridine rings is 1. The number of carbonyl (C=O) groups excluding carboxylic acids is 1. The summed E-state index contributed by atoms with van der Waals surface area (Å²) >= 11 is 0. The molecule has 8 heteroatoms.